The minimum atomic E-state index is -0.781. The lowest BCUT2D eigenvalue weighted by molar-refractivity contribution is -0.138. The number of aliphatic carboxylic acids is 1. The van der Waals surface area contributed by atoms with E-state index < -0.39 is 18.1 Å². The topological polar surface area (TPSA) is 95.9 Å². The van der Waals surface area contributed by atoms with Crippen molar-refractivity contribution in [1.29, 1.82) is 0 Å². The van der Waals surface area contributed by atoms with E-state index in [2.05, 4.69) is 29.6 Å². The fourth-order valence-electron chi connectivity index (χ4n) is 5.11. The molecule has 0 aromatic heterocycles. The fraction of sp³-hybridized carbons (Fsp3) is 0.444. The average Bonchev–Trinajstić information content (AvgIpc) is 3.18. The van der Waals surface area contributed by atoms with Crippen molar-refractivity contribution in [3.05, 3.63) is 59.7 Å². The third-order valence-electron chi connectivity index (χ3n) is 7.03. The zero-order chi connectivity index (χ0) is 24.1. The molecule has 180 valence electrons. The molecule has 0 saturated carbocycles. The molecule has 2 N–H and O–H groups in total. The van der Waals surface area contributed by atoms with Crippen LogP contribution in [0.4, 0.5) is 4.79 Å². The van der Waals surface area contributed by atoms with Crippen molar-refractivity contribution in [2.24, 2.45) is 5.92 Å². The maximum absolute atomic E-state index is 13.0. The van der Waals surface area contributed by atoms with Gasteiger partial charge in [-0.2, -0.15) is 0 Å². The van der Waals surface area contributed by atoms with Crippen molar-refractivity contribution < 1.29 is 24.2 Å². The lowest BCUT2D eigenvalue weighted by Crippen LogP contribution is -2.50. The minimum absolute atomic E-state index is 0.0289. The first-order valence-corrected chi connectivity index (χ1v) is 12.1. The third-order valence-corrected chi connectivity index (χ3v) is 7.03. The van der Waals surface area contributed by atoms with Crippen LogP contribution in [0.2, 0.25) is 0 Å². The van der Waals surface area contributed by atoms with Crippen LogP contribution in [0.15, 0.2) is 48.5 Å². The summed E-state index contributed by atoms with van der Waals surface area (Å²) in [5.74, 6) is -0.585. The molecular formula is C27H32N2O5. The van der Waals surface area contributed by atoms with Gasteiger partial charge in [-0.05, 0) is 53.9 Å². The SMILES string of the molecule is CC[C@@H](NC(=O)OCC1c2ccccc2-c2ccccc21)C(=O)N1CCC(CCC(=O)O)CC1. The summed E-state index contributed by atoms with van der Waals surface area (Å²) in [6, 6.07) is 15.7. The van der Waals surface area contributed by atoms with E-state index in [1.807, 2.05) is 31.2 Å². The van der Waals surface area contributed by atoms with Gasteiger partial charge in [-0.1, -0.05) is 55.5 Å². The number of hydrogen-bond acceptors (Lipinski definition) is 4. The number of fused-ring (bicyclic) bond motifs is 3. The number of carboxylic acid groups (broad SMARTS) is 1. The number of alkyl carbamates (subject to hydrolysis) is 1. The molecule has 0 radical (unpaired) electrons. The van der Waals surface area contributed by atoms with Crippen LogP contribution in [-0.4, -0.2) is 53.7 Å². The standard InChI is InChI=1S/C27H32N2O5/c1-2-24(26(32)29-15-13-18(14-16-29)11-12-25(30)31)28-27(33)34-17-23-21-9-5-3-7-19(21)20-8-4-6-10-22(20)23/h3-10,18,23-24H,2,11-17H2,1H3,(H,28,33)(H,30,31)/t24-/m1/s1. The van der Waals surface area contributed by atoms with Crippen LogP contribution in [0.5, 0.6) is 0 Å². The molecule has 0 unspecified atom stereocenters. The predicted octanol–water partition coefficient (Wildman–Crippen LogP) is 4.41. The van der Waals surface area contributed by atoms with Gasteiger partial charge in [0.1, 0.15) is 12.6 Å². The molecule has 1 heterocycles. The zero-order valence-electron chi connectivity index (χ0n) is 19.5. The molecule has 1 fully saturated rings. The van der Waals surface area contributed by atoms with Gasteiger partial charge in [-0.15, -0.1) is 0 Å². The van der Waals surface area contributed by atoms with Crippen LogP contribution >= 0.6 is 0 Å². The largest absolute Gasteiger partial charge is 0.481 e. The van der Waals surface area contributed by atoms with Crippen molar-refractivity contribution in [2.75, 3.05) is 19.7 Å². The number of carboxylic acids is 1. The zero-order valence-corrected chi connectivity index (χ0v) is 19.5. The van der Waals surface area contributed by atoms with Gasteiger partial charge in [0.15, 0.2) is 0 Å². The minimum Gasteiger partial charge on any atom is -0.481 e. The number of piperidine rings is 1. The Hall–Kier alpha value is -3.35. The number of carbonyl (C=O) groups excluding carboxylic acids is 2. The molecular weight excluding hydrogens is 432 g/mol. The highest BCUT2D eigenvalue weighted by atomic mass is 16.5. The Morgan fingerprint density at radius 3 is 2.18 bits per heavy atom. The number of benzene rings is 2. The highest BCUT2D eigenvalue weighted by Gasteiger charge is 2.31. The summed E-state index contributed by atoms with van der Waals surface area (Å²) in [5.41, 5.74) is 4.62. The molecule has 0 spiro atoms. The normalized spacial score (nSPS) is 16.4. The van der Waals surface area contributed by atoms with E-state index in [1.54, 1.807) is 4.90 Å². The Morgan fingerprint density at radius 1 is 1.03 bits per heavy atom. The fourth-order valence-corrected chi connectivity index (χ4v) is 5.11. The number of nitrogens with zero attached hydrogens (tertiary/aromatic N) is 1. The highest BCUT2D eigenvalue weighted by Crippen LogP contribution is 2.44. The van der Waals surface area contributed by atoms with Crippen molar-refractivity contribution in [1.82, 2.24) is 10.2 Å². The molecule has 2 aromatic carbocycles. The van der Waals surface area contributed by atoms with Crippen molar-refractivity contribution in [3.8, 4) is 11.1 Å². The molecule has 2 aromatic rings. The molecule has 4 rings (SSSR count). The van der Waals surface area contributed by atoms with E-state index >= 15 is 0 Å². The molecule has 34 heavy (non-hydrogen) atoms. The lowest BCUT2D eigenvalue weighted by Gasteiger charge is -2.34. The Morgan fingerprint density at radius 2 is 1.62 bits per heavy atom. The van der Waals surface area contributed by atoms with E-state index in [0.717, 1.165) is 24.0 Å². The Bertz CT molecular complexity index is 999. The summed E-state index contributed by atoms with van der Waals surface area (Å²) in [6.45, 7) is 3.25. The molecule has 1 atom stereocenters. The van der Waals surface area contributed by atoms with Crippen LogP contribution in [0.25, 0.3) is 11.1 Å². The quantitative estimate of drug-likeness (QED) is 0.603. The summed E-state index contributed by atoms with van der Waals surface area (Å²) in [6.07, 6.45) is 2.29. The molecule has 1 saturated heterocycles. The number of nitrogens with one attached hydrogen (secondary N) is 1. The molecule has 0 bridgehead atoms. The Balaban J connectivity index is 1.30. The first kappa shape index (κ1) is 23.8. The third kappa shape index (κ3) is 5.24. The number of rotatable bonds is 8. The number of hydrogen-bond donors (Lipinski definition) is 2. The molecule has 2 aliphatic rings. The van der Waals surface area contributed by atoms with E-state index in [0.29, 0.717) is 31.8 Å². The Kier molecular flexibility index (Phi) is 7.50. The number of ether oxygens (including phenoxy) is 1. The maximum atomic E-state index is 13.0. The molecule has 2 amide bonds. The van der Waals surface area contributed by atoms with Gasteiger partial charge < -0.3 is 20.1 Å². The first-order chi connectivity index (χ1) is 16.5. The van der Waals surface area contributed by atoms with Crippen molar-refractivity contribution in [2.45, 2.75) is 51.0 Å². The number of carbonyl (C=O) groups is 3. The second-order valence-electron chi connectivity index (χ2n) is 9.13. The summed E-state index contributed by atoms with van der Waals surface area (Å²) in [7, 11) is 0. The number of likely N-dealkylation sites (tertiary alicyclic amines) is 1. The van der Waals surface area contributed by atoms with Crippen molar-refractivity contribution >= 4 is 18.0 Å². The van der Waals surface area contributed by atoms with Gasteiger partial charge in [0.2, 0.25) is 5.91 Å². The average molecular weight is 465 g/mol. The highest BCUT2D eigenvalue weighted by molar-refractivity contribution is 5.86. The predicted molar refractivity (Wildman–Crippen MR) is 128 cm³/mol. The van der Waals surface area contributed by atoms with E-state index in [-0.39, 0.29) is 24.9 Å². The van der Waals surface area contributed by atoms with Crippen LogP contribution in [-0.2, 0) is 14.3 Å². The first-order valence-electron chi connectivity index (χ1n) is 12.1. The van der Waals surface area contributed by atoms with Gasteiger partial charge in [-0.3, -0.25) is 9.59 Å². The molecule has 7 nitrogen and oxygen atoms in total. The van der Waals surface area contributed by atoms with Crippen molar-refractivity contribution in [3.63, 3.8) is 0 Å². The second kappa shape index (κ2) is 10.7. The van der Waals surface area contributed by atoms with Crippen LogP contribution in [0.3, 0.4) is 0 Å². The van der Waals surface area contributed by atoms with Gasteiger partial charge in [0, 0.05) is 25.4 Å². The summed E-state index contributed by atoms with van der Waals surface area (Å²) >= 11 is 0. The molecule has 1 aliphatic heterocycles. The monoisotopic (exact) mass is 464 g/mol. The van der Waals surface area contributed by atoms with E-state index in [1.165, 1.54) is 11.1 Å². The van der Waals surface area contributed by atoms with Gasteiger partial charge in [-0.25, -0.2) is 4.79 Å². The summed E-state index contributed by atoms with van der Waals surface area (Å²) in [4.78, 5) is 38.2. The van der Waals surface area contributed by atoms with E-state index in [4.69, 9.17) is 9.84 Å². The Labute approximate surface area is 200 Å². The summed E-state index contributed by atoms with van der Waals surface area (Å²) < 4.78 is 5.60. The van der Waals surface area contributed by atoms with Gasteiger partial charge in [0.25, 0.3) is 0 Å². The van der Waals surface area contributed by atoms with Crippen LogP contribution in [0.1, 0.15) is 56.1 Å². The molecule has 7 heteroatoms. The maximum Gasteiger partial charge on any atom is 0.407 e. The molecule has 1 aliphatic carbocycles. The van der Waals surface area contributed by atoms with E-state index in [9.17, 15) is 14.4 Å². The smallest absolute Gasteiger partial charge is 0.407 e. The van der Waals surface area contributed by atoms with Gasteiger partial charge >= 0.3 is 12.1 Å². The van der Waals surface area contributed by atoms with Crippen LogP contribution in [0, 0.1) is 5.92 Å². The number of amides is 2. The van der Waals surface area contributed by atoms with Crippen LogP contribution < -0.4 is 5.32 Å². The lowest BCUT2D eigenvalue weighted by atomic mass is 9.92. The second-order valence-corrected chi connectivity index (χ2v) is 9.13. The summed E-state index contributed by atoms with van der Waals surface area (Å²) in [5, 5.41) is 11.6. The van der Waals surface area contributed by atoms with Gasteiger partial charge in [0.05, 0.1) is 0 Å².